The fraction of sp³-hybridized carbons (Fsp3) is 0.344. The molecule has 0 saturated heterocycles. The zero-order valence-corrected chi connectivity index (χ0v) is 22.4. The van der Waals surface area contributed by atoms with Crippen LogP contribution in [0.3, 0.4) is 0 Å². The van der Waals surface area contributed by atoms with Gasteiger partial charge in [-0.3, -0.25) is 9.59 Å². The molecule has 0 saturated carbocycles. The zero-order valence-electron chi connectivity index (χ0n) is 22.4. The van der Waals surface area contributed by atoms with Crippen LogP contribution in [-0.4, -0.2) is 29.9 Å². The number of carbonyl (C=O) groups is 3. The topological polar surface area (TPSA) is 96.5 Å². The fourth-order valence-corrected chi connectivity index (χ4v) is 5.68. The minimum absolute atomic E-state index is 0.101. The van der Waals surface area contributed by atoms with Crippen LogP contribution in [0.4, 0.5) is 10.5 Å². The summed E-state index contributed by atoms with van der Waals surface area (Å²) in [6.07, 6.45) is 2.18. The first-order valence-corrected chi connectivity index (χ1v) is 13.7. The molecule has 202 valence electrons. The molecule has 4 unspecified atom stereocenters. The Morgan fingerprint density at radius 3 is 2.38 bits per heavy atom. The number of rotatable bonds is 8. The molecule has 3 aromatic rings. The highest BCUT2D eigenvalue weighted by atomic mass is 16.5. The van der Waals surface area contributed by atoms with Crippen molar-refractivity contribution in [2.75, 3.05) is 5.32 Å². The van der Waals surface area contributed by atoms with Crippen molar-refractivity contribution >= 4 is 23.5 Å². The van der Waals surface area contributed by atoms with E-state index in [-0.39, 0.29) is 30.3 Å². The van der Waals surface area contributed by atoms with Crippen LogP contribution < -0.4 is 16.0 Å². The van der Waals surface area contributed by atoms with Crippen molar-refractivity contribution in [1.29, 1.82) is 0 Å². The first-order chi connectivity index (χ1) is 18.9. The van der Waals surface area contributed by atoms with Crippen molar-refractivity contribution in [3.05, 3.63) is 101 Å². The van der Waals surface area contributed by atoms with Gasteiger partial charge in [0.1, 0.15) is 12.6 Å². The third kappa shape index (κ3) is 5.82. The van der Waals surface area contributed by atoms with Crippen LogP contribution in [0.5, 0.6) is 0 Å². The standard InChI is InChI=1S/C32H35N3O4/c1-20(2)28(35-32(38)39-19-21-11-4-3-5-12-21)30(36)27-24-16-8-9-17-26(24)33-29(27)31(37)34-25-18-10-14-22-13-6-7-15-23(22)25/h3-9,11-13,15-17,20,25,27-29,33H,10,14,18-19H2,1-2H3,(H,34,37)(H,35,38). The fourth-order valence-electron chi connectivity index (χ4n) is 5.68. The number of benzene rings is 3. The maximum absolute atomic E-state index is 14.1. The first kappa shape index (κ1) is 26.5. The molecule has 0 aromatic heterocycles. The van der Waals surface area contributed by atoms with Crippen molar-refractivity contribution in [1.82, 2.24) is 10.6 Å². The van der Waals surface area contributed by atoms with E-state index in [1.165, 1.54) is 5.56 Å². The third-order valence-electron chi connectivity index (χ3n) is 7.67. The SMILES string of the molecule is CC(C)C(NC(=O)OCc1ccccc1)C(=O)C1c2ccccc2NC1C(=O)NC1CCCc2ccccc21. The number of hydrogen-bond donors (Lipinski definition) is 3. The second-order valence-electron chi connectivity index (χ2n) is 10.7. The van der Waals surface area contributed by atoms with E-state index < -0.39 is 24.1 Å². The number of ketones is 1. The Bertz CT molecular complexity index is 1340. The van der Waals surface area contributed by atoms with Gasteiger partial charge in [-0.25, -0.2) is 4.79 Å². The maximum atomic E-state index is 14.1. The van der Waals surface area contributed by atoms with Gasteiger partial charge in [0.15, 0.2) is 5.78 Å². The summed E-state index contributed by atoms with van der Waals surface area (Å²) < 4.78 is 5.40. The second kappa shape index (κ2) is 11.7. The third-order valence-corrected chi connectivity index (χ3v) is 7.67. The minimum Gasteiger partial charge on any atom is -0.445 e. The van der Waals surface area contributed by atoms with Crippen molar-refractivity contribution < 1.29 is 19.1 Å². The summed E-state index contributed by atoms with van der Waals surface area (Å²) >= 11 is 0. The van der Waals surface area contributed by atoms with Crippen molar-refractivity contribution in [3.63, 3.8) is 0 Å². The van der Waals surface area contributed by atoms with Crippen LogP contribution in [0.25, 0.3) is 0 Å². The number of hydrogen-bond acceptors (Lipinski definition) is 5. The van der Waals surface area contributed by atoms with Gasteiger partial charge in [0.2, 0.25) is 5.91 Å². The maximum Gasteiger partial charge on any atom is 0.408 e. The number of anilines is 1. The highest BCUT2D eigenvalue weighted by molar-refractivity contribution is 6.03. The molecule has 1 aliphatic heterocycles. The molecule has 0 spiro atoms. The molecule has 1 heterocycles. The Balaban J connectivity index is 1.34. The summed E-state index contributed by atoms with van der Waals surface area (Å²) in [6, 6.07) is 23.4. The molecule has 4 atom stereocenters. The molecule has 3 N–H and O–H groups in total. The molecule has 3 aromatic carbocycles. The Hall–Kier alpha value is -4.13. The van der Waals surface area contributed by atoms with Crippen LogP contribution in [0, 0.1) is 5.92 Å². The van der Waals surface area contributed by atoms with Crippen LogP contribution in [0.1, 0.15) is 60.9 Å². The monoisotopic (exact) mass is 525 g/mol. The van der Waals surface area contributed by atoms with E-state index in [1.807, 2.05) is 80.6 Å². The van der Waals surface area contributed by atoms with Gasteiger partial charge < -0.3 is 20.7 Å². The Kier molecular flexibility index (Phi) is 7.96. The molecule has 2 aliphatic rings. The van der Waals surface area contributed by atoms with Crippen molar-refractivity contribution in [2.24, 2.45) is 5.92 Å². The molecule has 5 rings (SSSR count). The lowest BCUT2D eigenvalue weighted by Crippen LogP contribution is -2.51. The molecule has 0 radical (unpaired) electrons. The lowest BCUT2D eigenvalue weighted by atomic mass is 9.83. The average Bonchev–Trinajstić information content (AvgIpc) is 3.35. The van der Waals surface area contributed by atoms with E-state index in [9.17, 15) is 14.4 Å². The number of amides is 2. The molecule has 0 bridgehead atoms. The van der Waals surface area contributed by atoms with Crippen molar-refractivity contribution in [2.45, 2.75) is 63.8 Å². The molecule has 2 amide bonds. The van der Waals surface area contributed by atoms with Gasteiger partial charge in [0.05, 0.1) is 18.0 Å². The van der Waals surface area contributed by atoms with Gasteiger partial charge in [-0.1, -0.05) is 86.6 Å². The normalized spacial score (nSPS) is 20.2. The van der Waals surface area contributed by atoms with Gasteiger partial charge in [-0.15, -0.1) is 0 Å². The largest absolute Gasteiger partial charge is 0.445 e. The van der Waals surface area contributed by atoms with E-state index >= 15 is 0 Å². The van der Waals surface area contributed by atoms with E-state index in [0.717, 1.165) is 41.6 Å². The average molecular weight is 526 g/mol. The summed E-state index contributed by atoms with van der Waals surface area (Å²) in [5.41, 5.74) is 4.77. The number of para-hydroxylation sites is 1. The van der Waals surface area contributed by atoms with Crippen molar-refractivity contribution in [3.8, 4) is 0 Å². The van der Waals surface area contributed by atoms with Crippen LogP contribution in [-0.2, 0) is 27.4 Å². The van der Waals surface area contributed by atoms with Gasteiger partial charge in [-0.05, 0) is 53.5 Å². The van der Waals surface area contributed by atoms with Gasteiger partial charge >= 0.3 is 6.09 Å². The predicted octanol–water partition coefficient (Wildman–Crippen LogP) is 5.28. The molecular formula is C32H35N3O4. The highest BCUT2D eigenvalue weighted by Crippen LogP contribution is 2.39. The smallest absolute Gasteiger partial charge is 0.408 e. The molecule has 39 heavy (non-hydrogen) atoms. The number of ether oxygens (including phenoxy) is 1. The van der Waals surface area contributed by atoms with Gasteiger partial charge in [0.25, 0.3) is 0 Å². The number of carbonyl (C=O) groups excluding carboxylic acids is 3. The summed E-state index contributed by atoms with van der Waals surface area (Å²) in [5, 5.41) is 9.29. The highest BCUT2D eigenvalue weighted by Gasteiger charge is 2.45. The van der Waals surface area contributed by atoms with E-state index in [0.29, 0.717) is 0 Å². The Labute approximate surface area is 229 Å². The number of alkyl carbamates (subject to hydrolysis) is 1. The molecule has 7 nitrogen and oxygen atoms in total. The Morgan fingerprint density at radius 2 is 1.62 bits per heavy atom. The van der Waals surface area contributed by atoms with Crippen LogP contribution in [0.2, 0.25) is 0 Å². The summed E-state index contributed by atoms with van der Waals surface area (Å²) in [4.78, 5) is 40.5. The van der Waals surface area contributed by atoms with Crippen LogP contribution >= 0.6 is 0 Å². The van der Waals surface area contributed by atoms with E-state index in [1.54, 1.807) is 0 Å². The predicted molar refractivity (Wildman–Crippen MR) is 150 cm³/mol. The Morgan fingerprint density at radius 1 is 0.923 bits per heavy atom. The quantitative estimate of drug-likeness (QED) is 0.372. The van der Waals surface area contributed by atoms with Gasteiger partial charge in [0, 0.05) is 5.69 Å². The summed E-state index contributed by atoms with van der Waals surface area (Å²) in [6.45, 7) is 3.86. The lowest BCUT2D eigenvalue weighted by molar-refractivity contribution is -0.129. The number of Topliss-reactive ketones (excluding diaryl/α,β-unsaturated/α-hetero) is 1. The number of aryl methyl sites for hydroxylation is 1. The zero-order chi connectivity index (χ0) is 27.4. The lowest BCUT2D eigenvalue weighted by Gasteiger charge is -2.30. The van der Waals surface area contributed by atoms with Gasteiger partial charge in [-0.2, -0.15) is 0 Å². The molecule has 7 heteroatoms. The molecular weight excluding hydrogens is 490 g/mol. The first-order valence-electron chi connectivity index (χ1n) is 13.7. The minimum atomic E-state index is -0.822. The second-order valence-corrected chi connectivity index (χ2v) is 10.7. The van der Waals surface area contributed by atoms with E-state index in [2.05, 4.69) is 28.1 Å². The molecule has 1 aliphatic carbocycles. The number of fused-ring (bicyclic) bond motifs is 2. The summed E-state index contributed by atoms with van der Waals surface area (Å²) in [7, 11) is 0. The molecule has 0 fully saturated rings. The number of nitrogens with one attached hydrogen (secondary N) is 3. The summed E-state index contributed by atoms with van der Waals surface area (Å²) in [5.74, 6) is -1.39. The van der Waals surface area contributed by atoms with E-state index in [4.69, 9.17) is 4.74 Å². The van der Waals surface area contributed by atoms with Crippen LogP contribution in [0.15, 0.2) is 78.9 Å².